The third kappa shape index (κ3) is 5.48. The first kappa shape index (κ1) is 26.4. The lowest BCUT2D eigenvalue weighted by atomic mass is 9.95. The molecule has 1 amide bonds. The first-order valence-electron chi connectivity index (χ1n) is 14.0. The zero-order chi connectivity index (χ0) is 26.1. The molecule has 0 aromatic carbocycles. The van der Waals surface area contributed by atoms with Crippen molar-refractivity contribution in [3.8, 4) is 0 Å². The van der Waals surface area contributed by atoms with Crippen molar-refractivity contribution in [1.29, 1.82) is 0 Å². The van der Waals surface area contributed by atoms with Crippen molar-refractivity contribution in [1.82, 2.24) is 25.0 Å². The molecule has 2 saturated heterocycles. The topological polar surface area (TPSA) is 89.3 Å². The predicted molar refractivity (Wildman–Crippen MR) is 144 cm³/mol. The number of methoxy groups -OCH3 is 1. The highest BCUT2D eigenvalue weighted by Gasteiger charge is 2.42. The fourth-order valence-corrected chi connectivity index (χ4v) is 7.86. The van der Waals surface area contributed by atoms with E-state index >= 15 is 0 Å². The van der Waals surface area contributed by atoms with E-state index in [4.69, 9.17) is 4.74 Å². The van der Waals surface area contributed by atoms with Gasteiger partial charge < -0.3 is 14.6 Å². The van der Waals surface area contributed by atoms with E-state index in [1.165, 1.54) is 31.3 Å². The summed E-state index contributed by atoms with van der Waals surface area (Å²) in [5.74, 6) is 2.46. The maximum atomic E-state index is 13.1. The molecule has 3 aliphatic rings. The molecule has 202 valence electrons. The molecule has 0 spiro atoms. The average Bonchev–Trinajstić information content (AvgIpc) is 3.68. The van der Waals surface area contributed by atoms with Gasteiger partial charge in [0.05, 0.1) is 13.2 Å². The van der Waals surface area contributed by atoms with Crippen molar-refractivity contribution in [2.75, 3.05) is 13.7 Å². The van der Waals surface area contributed by atoms with Crippen LogP contribution in [0, 0.1) is 12.8 Å². The van der Waals surface area contributed by atoms with E-state index in [-0.39, 0.29) is 23.8 Å². The van der Waals surface area contributed by atoms with Gasteiger partial charge in [-0.1, -0.05) is 26.7 Å². The number of ether oxygens (including phenoxy) is 1. The summed E-state index contributed by atoms with van der Waals surface area (Å²) in [5, 5.41) is 12.3. The Hall–Kier alpha value is -2.26. The van der Waals surface area contributed by atoms with E-state index in [1.807, 2.05) is 12.1 Å². The summed E-state index contributed by atoms with van der Waals surface area (Å²) in [4.78, 5) is 29.5. The van der Waals surface area contributed by atoms with Gasteiger partial charge in [0.15, 0.2) is 0 Å². The van der Waals surface area contributed by atoms with E-state index in [0.29, 0.717) is 28.9 Å². The summed E-state index contributed by atoms with van der Waals surface area (Å²) in [7, 11) is 1.41. The van der Waals surface area contributed by atoms with Crippen molar-refractivity contribution in [3.63, 3.8) is 0 Å². The van der Waals surface area contributed by atoms with E-state index in [9.17, 15) is 9.59 Å². The van der Waals surface area contributed by atoms with Crippen LogP contribution in [0.1, 0.15) is 116 Å². The number of esters is 1. The van der Waals surface area contributed by atoms with E-state index < -0.39 is 0 Å². The number of rotatable bonds is 9. The molecule has 2 aromatic heterocycles. The highest BCUT2D eigenvalue weighted by molar-refractivity contribution is 7.14. The molecule has 3 fully saturated rings. The first-order chi connectivity index (χ1) is 17.9. The molecule has 0 radical (unpaired) electrons. The van der Waals surface area contributed by atoms with Crippen molar-refractivity contribution in [2.24, 2.45) is 5.92 Å². The minimum Gasteiger partial charge on any atom is -0.465 e. The highest BCUT2D eigenvalue weighted by Crippen LogP contribution is 2.42. The Morgan fingerprint density at radius 3 is 2.43 bits per heavy atom. The Balaban J connectivity index is 1.28. The number of carbonyl (C=O) groups is 2. The minimum absolute atomic E-state index is 0.0822. The second-order valence-corrected chi connectivity index (χ2v) is 12.5. The normalized spacial score (nSPS) is 25.1. The molecule has 1 unspecified atom stereocenters. The van der Waals surface area contributed by atoms with Gasteiger partial charge in [0, 0.05) is 41.4 Å². The van der Waals surface area contributed by atoms with Gasteiger partial charge in [-0.15, -0.1) is 21.5 Å². The van der Waals surface area contributed by atoms with E-state index in [1.54, 1.807) is 0 Å². The molecule has 4 atom stereocenters. The number of nitrogens with one attached hydrogen (secondary N) is 1. The molecule has 4 heterocycles. The van der Waals surface area contributed by atoms with Crippen LogP contribution in [0.5, 0.6) is 0 Å². The van der Waals surface area contributed by atoms with Gasteiger partial charge in [-0.2, -0.15) is 0 Å². The number of hydrogen-bond donors (Lipinski definition) is 1. The Morgan fingerprint density at radius 1 is 1.08 bits per heavy atom. The Bertz CT molecular complexity index is 1090. The molecule has 2 aliphatic heterocycles. The molecule has 8 nitrogen and oxygen atoms in total. The largest absolute Gasteiger partial charge is 0.465 e. The number of thiophene rings is 1. The smallest absolute Gasteiger partial charge is 0.348 e. The lowest BCUT2D eigenvalue weighted by Crippen LogP contribution is -2.45. The number of hydrogen-bond acceptors (Lipinski definition) is 7. The van der Waals surface area contributed by atoms with Crippen LogP contribution in [0.25, 0.3) is 0 Å². The molecular weight excluding hydrogens is 486 g/mol. The van der Waals surface area contributed by atoms with E-state index in [2.05, 4.69) is 45.8 Å². The Kier molecular flexibility index (Phi) is 8.00. The number of fused-ring (bicyclic) bond motifs is 2. The fourth-order valence-electron chi connectivity index (χ4n) is 6.84. The minimum atomic E-state index is -0.317. The lowest BCUT2D eigenvalue weighted by molar-refractivity contribution is -0.125. The first-order valence-corrected chi connectivity index (χ1v) is 14.8. The second kappa shape index (κ2) is 11.2. The third-order valence-electron chi connectivity index (χ3n) is 8.71. The van der Waals surface area contributed by atoms with Crippen molar-refractivity contribution >= 4 is 23.2 Å². The number of nitrogens with zero attached hydrogens (tertiary/aromatic N) is 4. The highest BCUT2D eigenvalue weighted by atomic mass is 32.1. The van der Waals surface area contributed by atoms with Gasteiger partial charge in [-0.3, -0.25) is 9.69 Å². The summed E-state index contributed by atoms with van der Waals surface area (Å²) in [5.41, 5.74) is 0. The SMILES string of the molecule is COC(=O)c1ccc([C@H](CCN2[C@@H]3CC[C@H]2CC(n2c(C)nnc2C(C)C)C3)NC(=O)C2CCCC2)s1. The van der Waals surface area contributed by atoms with E-state index in [0.717, 1.165) is 68.0 Å². The number of amides is 1. The number of piperidine rings is 1. The summed E-state index contributed by atoms with van der Waals surface area (Å²) in [6.45, 7) is 7.41. The zero-order valence-corrected chi connectivity index (χ0v) is 23.4. The summed E-state index contributed by atoms with van der Waals surface area (Å²) >= 11 is 1.44. The second-order valence-electron chi connectivity index (χ2n) is 11.4. The van der Waals surface area contributed by atoms with Gasteiger partial charge in [-0.05, 0) is 64.0 Å². The summed E-state index contributed by atoms with van der Waals surface area (Å²) < 4.78 is 7.32. The molecular formula is C28H41N5O3S. The van der Waals surface area contributed by atoms with Crippen LogP contribution in [0.3, 0.4) is 0 Å². The van der Waals surface area contributed by atoms with Crippen molar-refractivity contribution in [3.05, 3.63) is 33.5 Å². The average molecular weight is 528 g/mol. The molecule has 2 aromatic rings. The molecule has 1 N–H and O–H groups in total. The van der Waals surface area contributed by atoms with Crippen LogP contribution in [-0.4, -0.2) is 57.3 Å². The molecule has 9 heteroatoms. The molecule has 37 heavy (non-hydrogen) atoms. The maximum absolute atomic E-state index is 13.1. The van der Waals surface area contributed by atoms with Crippen LogP contribution in [0.15, 0.2) is 12.1 Å². The van der Waals surface area contributed by atoms with Crippen LogP contribution < -0.4 is 5.32 Å². The standard InChI is InChI=1S/C28H41N5O3S/c1-17(2)26-31-30-18(3)33(26)22-15-20-9-10-21(16-22)32(20)14-13-23(29-27(34)19-7-5-6-8-19)24-11-12-25(37-24)28(35)36-4/h11-12,17,19-23H,5-10,13-16H2,1-4H3,(H,29,34)/t20-,21+,22?,23-/m0/s1. The van der Waals surface area contributed by atoms with Gasteiger partial charge >= 0.3 is 5.97 Å². The van der Waals surface area contributed by atoms with Crippen molar-refractivity contribution in [2.45, 2.75) is 109 Å². The van der Waals surface area contributed by atoms with Gasteiger partial charge in [0.2, 0.25) is 5.91 Å². The molecule has 1 saturated carbocycles. The number of aromatic nitrogens is 3. The number of carbonyl (C=O) groups excluding carboxylic acids is 2. The van der Waals surface area contributed by atoms with Gasteiger partial charge in [-0.25, -0.2) is 4.79 Å². The Morgan fingerprint density at radius 2 is 1.78 bits per heavy atom. The van der Waals surface area contributed by atoms with Crippen LogP contribution in [0.4, 0.5) is 0 Å². The Labute approximate surface area is 224 Å². The summed E-state index contributed by atoms with van der Waals surface area (Å²) in [6, 6.07) is 5.28. The summed E-state index contributed by atoms with van der Waals surface area (Å²) in [6.07, 6.45) is 9.78. The third-order valence-corrected chi connectivity index (χ3v) is 9.89. The monoisotopic (exact) mass is 527 g/mol. The van der Waals surface area contributed by atoms with Crippen LogP contribution in [-0.2, 0) is 9.53 Å². The van der Waals surface area contributed by atoms with Crippen LogP contribution in [0.2, 0.25) is 0 Å². The van der Waals surface area contributed by atoms with Crippen LogP contribution >= 0.6 is 11.3 Å². The molecule has 2 bridgehead atoms. The number of aryl methyl sites for hydroxylation is 1. The van der Waals surface area contributed by atoms with Crippen molar-refractivity contribution < 1.29 is 14.3 Å². The predicted octanol–water partition coefficient (Wildman–Crippen LogP) is 5.16. The quantitative estimate of drug-likeness (QED) is 0.453. The lowest BCUT2D eigenvalue weighted by Gasteiger charge is -2.40. The maximum Gasteiger partial charge on any atom is 0.348 e. The zero-order valence-electron chi connectivity index (χ0n) is 22.6. The van der Waals surface area contributed by atoms with Gasteiger partial charge in [0.25, 0.3) is 0 Å². The fraction of sp³-hybridized carbons (Fsp3) is 0.714. The van der Waals surface area contributed by atoms with Gasteiger partial charge in [0.1, 0.15) is 16.5 Å². The molecule has 1 aliphatic carbocycles. The molecule has 5 rings (SSSR count).